The van der Waals surface area contributed by atoms with Crippen molar-refractivity contribution in [3.8, 4) is 0 Å². The van der Waals surface area contributed by atoms with Gasteiger partial charge in [-0.25, -0.2) is 9.37 Å². The van der Waals surface area contributed by atoms with Gasteiger partial charge < -0.3 is 20.0 Å². The molecule has 2 aromatic rings. The maximum absolute atomic E-state index is 13.2. The van der Waals surface area contributed by atoms with E-state index >= 15 is 0 Å². The molecule has 0 saturated carbocycles. The number of amides is 1. The van der Waals surface area contributed by atoms with Crippen molar-refractivity contribution in [3.05, 3.63) is 47.9 Å². The van der Waals surface area contributed by atoms with Gasteiger partial charge in [0.25, 0.3) is 5.91 Å². The number of nitrogens with one attached hydrogen (secondary N) is 1. The second-order valence-corrected chi connectivity index (χ2v) is 7.13. The van der Waals surface area contributed by atoms with Crippen LogP contribution in [0.1, 0.15) is 23.7 Å². The first kappa shape index (κ1) is 19.9. The Hall–Kier alpha value is -2.83. The van der Waals surface area contributed by atoms with E-state index in [0.29, 0.717) is 11.4 Å². The number of pyridine rings is 1. The Labute approximate surface area is 166 Å². The summed E-state index contributed by atoms with van der Waals surface area (Å²) >= 11 is 0. The van der Waals surface area contributed by atoms with E-state index in [0.717, 1.165) is 50.5 Å². The van der Waals surface area contributed by atoms with Crippen LogP contribution in [0.3, 0.4) is 0 Å². The Balaban J connectivity index is 1.81. The van der Waals surface area contributed by atoms with Gasteiger partial charge in [0.2, 0.25) is 0 Å². The Kier molecular flexibility index (Phi) is 6.34. The highest BCUT2D eigenvalue weighted by molar-refractivity contribution is 6.04. The molecular weight excluding hydrogens is 357 g/mol. The monoisotopic (exact) mass is 385 g/mol. The molecule has 150 valence electrons. The number of piperazine rings is 1. The molecule has 1 N–H and O–H groups in total. The molecule has 6 nitrogen and oxygen atoms in total. The molecule has 2 heterocycles. The van der Waals surface area contributed by atoms with E-state index < -0.39 is 0 Å². The van der Waals surface area contributed by atoms with Gasteiger partial charge in [-0.2, -0.15) is 0 Å². The molecule has 0 atom stereocenters. The number of carbonyl (C=O) groups is 1. The van der Waals surface area contributed by atoms with Crippen molar-refractivity contribution >= 4 is 23.1 Å². The lowest BCUT2D eigenvalue weighted by Crippen LogP contribution is -2.47. The van der Waals surface area contributed by atoms with E-state index in [9.17, 15) is 9.18 Å². The standard InChI is InChI=1S/C21H28FN5O/c1-4-10-23-20-19(21(28)25(2)3)18(9-11-24-20)27-14-12-26(13-15-27)17-7-5-16(22)6-8-17/h5-9,11H,4,10,12-15H2,1-3H3,(H,23,24). The first-order valence-corrected chi connectivity index (χ1v) is 9.71. The number of hydrogen-bond acceptors (Lipinski definition) is 5. The lowest BCUT2D eigenvalue weighted by Gasteiger charge is -2.38. The maximum atomic E-state index is 13.2. The molecule has 1 aromatic carbocycles. The van der Waals surface area contributed by atoms with Crippen LogP contribution in [-0.4, -0.2) is 62.6 Å². The third kappa shape index (κ3) is 4.35. The van der Waals surface area contributed by atoms with Gasteiger partial charge in [0.1, 0.15) is 17.2 Å². The molecule has 0 unspecified atom stereocenters. The minimum Gasteiger partial charge on any atom is -0.369 e. The number of halogens is 1. The molecule has 1 aromatic heterocycles. The summed E-state index contributed by atoms with van der Waals surface area (Å²) < 4.78 is 13.2. The number of carbonyl (C=O) groups excluding carboxylic acids is 1. The smallest absolute Gasteiger partial charge is 0.259 e. The van der Waals surface area contributed by atoms with E-state index in [1.807, 2.05) is 18.2 Å². The fourth-order valence-electron chi connectivity index (χ4n) is 3.38. The van der Waals surface area contributed by atoms with E-state index in [4.69, 9.17) is 0 Å². The van der Waals surface area contributed by atoms with Crippen molar-refractivity contribution in [2.45, 2.75) is 13.3 Å². The third-order valence-corrected chi connectivity index (χ3v) is 4.90. The predicted octanol–water partition coefficient (Wildman–Crippen LogP) is 3.07. The molecule has 0 bridgehead atoms. The quantitative estimate of drug-likeness (QED) is 0.828. The van der Waals surface area contributed by atoms with Gasteiger partial charge in [0.15, 0.2) is 0 Å². The zero-order valence-electron chi connectivity index (χ0n) is 16.8. The SMILES string of the molecule is CCCNc1nccc(N2CCN(c3ccc(F)cc3)CC2)c1C(=O)N(C)C. The summed E-state index contributed by atoms with van der Waals surface area (Å²) in [5.41, 5.74) is 2.55. The third-order valence-electron chi connectivity index (χ3n) is 4.90. The Bertz CT molecular complexity index is 801. The second kappa shape index (κ2) is 8.91. The van der Waals surface area contributed by atoms with Gasteiger partial charge in [0.05, 0.1) is 5.69 Å². The Morgan fingerprint density at radius 3 is 2.36 bits per heavy atom. The van der Waals surface area contributed by atoms with Crippen LogP contribution >= 0.6 is 0 Å². The minimum absolute atomic E-state index is 0.0531. The number of anilines is 3. The van der Waals surface area contributed by atoms with Crippen molar-refractivity contribution in [1.29, 1.82) is 0 Å². The lowest BCUT2D eigenvalue weighted by molar-refractivity contribution is 0.0828. The van der Waals surface area contributed by atoms with E-state index in [-0.39, 0.29) is 11.7 Å². The fourth-order valence-corrected chi connectivity index (χ4v) is 3.38. The Morgan fingerprint density at radius 1 is 1.11 bits per heavy atom. The van der Waals surface area contributed by atoms with E-state index in [1.54, 1.807) is 25.2 Å². The van der Waals surface area contributed by atoms with Crippen molar-refractivity contribution < 1.29 is 9.18 Å². The molecule has 1 fully saturated rings. The first-order valence-electron chi connectivity index (χ1n) is 9.71. The average molecular weight is 385 g/mol. The highest BCUT2D eigenvalue weighted by atomic mass is 19.1. The molecule has 0 aliphatic carbocycles. The summed E-state index contributed by atoms with van der Waals surface area (Å²) in [5.74, 6) is 0.361. The molecule has 0 spiro atoms. The van der Waals surface area contributed by atoms with Crippen LogP contribution in [0, 0.1) is 5.82 Å². The molecule has 28 heavy (non-hydrogen) atoms. The predicted molar refractivity (Wildman–Crippen MR) is 112 cm³/mol. The minimum atomic E-state index is -0.224. The van der Waals surface area contributed by atoms with Gasteiger partial charge in [-0.15, -0.1) is 0 Å². The molecule has 1 amide bonds. The summed E-state index contributed by atoms with van der Waals surface area (Å²) in [7, 11) is 3.52. The van der Waals surface area contributed by atoms with Gasteiger partial charge in [0, 0.05) is 58.7 Å². The van der Waals surface area contributed by atoms with Crippen LogP contribution in [0.2, 0.25) is 0 Å². The highest BCUT2D eigenvalue weighted by Crippen LogP contribution is 2.29. The second-order valence-electron chi connectivity index (χ2n) is 7.13. The lowest BCUT2D eigenvalue weighted by atomic mass is 10.1. The van der Waals surface area contributed by atoms with E-state index in [1.165, 1.54) is 12.1 Å². The molecule has 7 heteroatoms. The van der Waals surface area contributed by atoms with Crippen LogP contribution in [0.15, 0.2) is 36.5 Å². The maximum Gasteiger partial charge on any atom is 0.259 e. The van der Waals surface area contributed by atoms with Crippen molar-refractivity contribution in [3.63, 3.8) is 0 Å². The number of benzene rings is 1. The van der Waals surface area contributed by atoms with Crippen LogP contribution in [0.25, 0.3) is 0 Å². The molecule has 0 radical (unpaired) electrons. The largest absolute Gasteiger partial charge is 0.369 e. The number of hydrogen-bond donors (Lipinski definition) is 1. The van der Waals surface area contributed by atoms with E-state index in [2.05, 4.69) is 27.0 Å². The van der Waals surface area contributed by atoms with Crippen LogP contribution in [-0.2, 0) is 0 Å². The highest BCUT2D eigenvalue weighted by Gasteiger charge is 2.25. The molecule has 1 aliphatic rings. The average Bonchev–Trinajstić information content (AvgIpc) is 2.72. The van der Waals surface area contributed by atoms with Crippen LogP contribution < -0.4 is 15.1 Å². The summed E-state index contributed by atoms with van der Waals surface area (Å²) in [4.78, 5) is 23.4. The number of rotatable bonds is 6. The normalized spacial score (nSPS) is 14.1. The van der Waals surface area contributed by atoms with Crippen molar-refractivity contribution in [1.82, 2.24) is 9.88 Å². The number of aromatic nitrogens is 1. The zero-order chi connectivity index (χ0) is 20.1. The molecule has 1 aliphatic heterocycles. The van der Waals surface area contributed by atoms with Gasteiger partial charge in [-0.3, -0.25) is 4.79 Å². The number of nitrogens with zero attached hydrogens (tertiary/aromatic N) is 4. The molecule has 3 rings (SSSR count). The van der Waals surface area contributed by atoms with Gasteiger partial charge in [-0.05, 0) is 36.8 Å². The topological polar surface area (TPSA) is 51.7 Å². The zero-order valence-corrected chi connectivity index (χ0v) is 16.8. The van der Waals surface area contributed by atoms with Crippen LogP contribution in [0.5, 0.6) is 0 Å². The van der Waals surface area contributed by atoms with Crippen molar-refractivity contribution in [2.24, 2.45) is 0 Å². The Morgan fingerprint density at radius 2 is 1.75 bits per heavy atom. The summed E-state index contributed by atoms with van der Waals surface area (Å²) in [6.45, 7) is 6.02. The summed E-state index contributed by atoms with van der Waals surface area (Å²) in [6.07, 6.45) is 2.71. The molecule has 1 saturated heterocycles. The van der Waals surface area contributed by atoms with Crippen LogP contribution in [0.4, 0.5) is 21.6 Å². The molecular formula is C21H28FN5O. The van der Waals surface area contributed by atoms with Gasteiger partial charge >= 0.3 is 0 Å². The first-order chi connectivity index (χ1) is 13.5. The summed E-state index contributed by atoms with van der Waals surface area (Å²) in [5, 5.41) is 3.29. The fraction of sp³-hybridized carbons (Fsp3) is 0.429. The van der Waals surface area contributed by atoms with Gasteiger partial charge in [-0.1, -0.05) is 6.92 Å². The van der Waals surface area contributed by atoms with Crippen molar-refractivity contribution in [2.75, 3.05) is 61.9 Å². The summed E-state index contributed by atoms with van der Waals surface area (Å²) in [6, 6.07) is 8.52.